The maximum atomic E-state index is 5.23. The van der Waals surface area contributed by atoms with Crippen molar-refractivity contribution >= 4 is 21.4 Å². The van der Waals surface area contributed by atoms with Gasteiger partial charge in [0, 0.05) is 4.70 Å². The first-order chi connectivity index (χ1) is 6.81. The number of rotatable bonds is 1. The maximum Gasteiger partial charge on any atom is 0.122 e. The molecule has 0 aliphatic heterocycles. The molecule has 0 bridgehead atoms. The molecule has 0 radical (unpaired) electrons. The molecule has 0 aliphatic rings. The summed E-state index contributed by atoms with van der Waals surface area (Å²) in [4.78, 5) is 0. The predicted molar refractivity (Wildman–Crippen MR) is 64.5 cm³/mol. The van der Waals surface area contributed by atoms with E-state index in [0.717, 1.165) is 5.75 Å². The lowest BCUT2D eigenvalue weighted by Crippen LogP contribution is -1.85. The van der Waals surface area contributed by atoms with E-state index in [1.807, 2.05) is 13.8 Å². The standard InChI is InChI=1S/C10H10OS.C2H6/c1-7-5-10-8(3-4-12-10)6-9(7)11-2;1-2/h3-6H,1-2H3;1-2H3. The second-order valence-corrected chi connectivity index (χ2v) is 3.73. The maximum absolute atomic E-state index is 5.23. The van der Waals surface area contributed by atoms with Gasteiger partial charge in [0.25, 0.3) is 0 Å². The second kappa shape index (κ2) is 5.01. The van der Waals surface area contributed by atoms with Gasteiger partial charge in [-0.15, -0.1) is 11.3 Å². The van der Waals surface area contributed by atoms with Gasteiger partial charge in [-0.2, -0.15) is 0 Å². The average Bonchev–Trinajstić information content (AvgIpc) is 2.66. The molecule has 0 saturated heterocycles. The molecule has 1 aromatic heterocycles. The highest BCUT2D eigenvalue weighted by Crippen LogP contribution is 2.28. The molecule has 0 spiro atoms. The van der Waals surface area contributed by atoms with Crippen molar-refractivity contribution in [2.45, 2.75) is 20.8 Å². The summed E-state index contributed by atoms with van der Waals surface area (Å²) < 4.78 is 6.55. The van der Waals surface area contributed by atoms with Gasteiger partial charge in [0.1, 0.15) is 5.75 Å². The first-order valence-corrected chi connectivity index (χ1v) is 5.71. The van der Waals surface area contributed by atoms with Crippen LogP contribution in [-0.2, 0) is 0 Å². The Bertz CT molecular complexity index is 404. The molecule has 1 aromatic carbocycles. The molecule has 76 valence electrons. The van der Waals surface area contributed by atoms with E-state index in [9.17, 15) is 0 Å². The second-order valence-electron chi connectivity index (χ2n) is 2.78. The third-order valence-corrected chi connectivity index (χ3v) is 2.85. The largest absolute Gasteiger partial charge is 0.496 e. The van der Waals surface area contributed by atoms with E-state index >= 15 is 0 Å². The Hall–Kier alpha value is -1.02. The van der Waals surface area contributed by atoms with E-state index < -0.39 is 0 Å². The van der Waals surface area contributed by atoms with Crippen LogP contribution in [0.15, 0.2) is 23.6 Å². The van der Waals surface area contributed by atoms with Gasteiger partial charge in [0.2, 0.25) is 0 Å². The Morgan fingerprint density at radius 1 is 1.21 bits per heavy atom. The fraction of sp³-hybridized carbons (Fsp3) is 0.333. The fourth-order valence-electron chi connectivity index (χ4n) is 1.31. The van der Waals surface area contributed by atoms with Crippen LogP contribution in [0.4, 0.5) is 0 Å². The van der Waals surface area contributed by atoms with Crippen LogP contribution in [0.1, 0.15) is 19.4 Å². The zero-order chi connectivity index (χ0) is 10.6. The molecule has 14 heavy (non-hydrogen) atoms. The molecule has 0 aliphatic carbocycles. The van der Waals surface area contributed by atoms with E-state index in [1.54, 1.807) is 18.4 Å². The van der Waals surface area contributed by atoms with E-state index in [4.69, 9.17) is 4.74 Å². The molecule has 0 atom stereocenters. The van der Waals surface area contributed by atoms with Crippen LogP contribution < -0.4 is 4.74 Å². The average molecular weight is 208 g/mol. The van der Waals surface area contributed by atoms with E-state index in [1.165, 1.54) is 15.6 Å². The van der Waals surface area contributed by atoms with Gasteiger partial charge < -0.3 is 4.74 Å². The minimum atomic E-state index is 0.973. The molecule has 0 amide bonds. The SMILES string of the molecule is CC.COc1cc2ccsc2cc1C. The van der Waals surface area contributed by atoms with Crippen LogP contribution in [0, 0.1) is 6.92 Å². The molecule has 0 saturated carbocycles. The van der Waals surface area contributed by atoms with Gasteiger partial charge in [0.05, 0.1) is 7.11 Å². The number of fused-ring (bicyclic) bond motifs is 1. The highest BCUT2D eigenvalue weighted by atomic mass is 32.1. The molecule has 2 heteroatoms. The van der Waals surface area contributed by atoms with Crippen molar-refractivity contribution in [3.05, 3.63) is 29.1 Å². The van der Waals surface area contributed by atoms with Crippen molar-refractivity contribution in [2.75, 3.05) is 7.11 Å². The summed E-state index contributed by atoms with van der Waals surface area (Å²) in [6.45, 7) is 6.07. The Morgan fingerprint density at radius 2 is 1.93 bits per heavy atom. The van der Waals surface area contributed by atoms with Crippen molar-refractivity contribution in [1.29, 1.82) is 0 Å². The Kier molecular flexibility index (Phi) is 3.96. The molecule has 2 rings (SSSR count). The minimum Gasteiger partial charge on any atom is -0.496 e. The zero-order valence-electron chi connectivity index (χ0n) is 9.13. The van der Waals surface area contributed by atoms with Gasteiger partial charge in [-0.1, -0.05) is 13.8 Å². The van der Waals surface area contributed by atoms with Gasteiger partial charge in [0.15, 0.2) is 0 Å². The molecular formula is C12H16OS. The van der Waals surface area contributed by atoms with Crippen molar-refractivity contribution in [2.24, 2.45) is 0 Å². The number of thiophene rings is 1. The number of methoxy groups -OCH3 is 1. The first kappa shape index (κ1) is 11.1. The van der Waals surface area contributed by atoms with Gasteiger partial charge in [-0.25, -0.2) is 0 Å². The summed E-state index contributed by atoms with van der Waals surface area (Å²) in [5.74, 6) is 0.973. The molecule has 1 heterocycles. The van der Waals surface area contributed by atoms with Crippen molar-refractivity contribution in [3.63, 3.8) is 0 Å². The molecule has 1 nitrogen and oxygen atoms in total. The van der Waals surface area contributed by atoms with E-state index in [0.29, 0.717) is 0 Å². The topological polar surface area (TPSA) is 9.23 Å². The first-order valence-electron chi connectivity index (χ1n) is 4.83. The summed E-state index contributed by atoms with van der Waals surface area (Å²) in [7, 11) is 1.71. The summed E-state index contributed by atoms with van der Waals surface area (Å²) in [6, 6.07) is 6.36. The Labute approximate surface area is 89.3 Å². The predicted octanol–water partition coefficient (Wildman–Crippen LogP) is 4.24. The van der Waals surface area contributed by atoms with Crippen LogP contribution >= 0.6 is 11.3 Å². The summed E-state index contributed by atoms with van der Waals surface area (Å²) >= 11 is 1.77. The Morgan fingerprint density at radius 3 is 2.57 bits per heavy atom. The third-order valence-electron chi connectivity index (χ3n) is 1.97. The van der Waals surface area contributed by atoms with E-state index in [-0.39, 0.29) is 0 Å². The van der Waals surface area contributed by atoms with Crippen LogP contribution in [0.25, 0.3) is 10.1 Å². The summed E-state index contributed by atoms with van der Waals surface area (Å²) in [5.41, 5.74) is 1.20. The normalized spacial score (nSPS) is 9.43. The molecular weight excluding hydrogens is 192 g/mol. The lowest BCUT2D eigenvalue weighted by atomic mass is 10.2. The van der Waals surface area contributed by atoms with Crippen molar-refractivity contribution in [1.82, 2.24) is 0 Å². The molecule has 0 N–H and O–H groups in total. The van der Waals surface area contributed by atoms with Gasteiger partial charge >= 0.3 is 0 Å². The quantitative estimate of drug-likeness (QED) is 0.681. The Balaban J connectivity index is 0.000000461. The molecule has 0 fully saturated rings. The van der Waals surface area contributed by atoms with Gasteiger partial charge in [-0.3, -0.25) is 0 Å². The number of hydrogen-bond acceptors (Lipinski definition) is 2. The number of aryl methyl sites for hydroxylation is 1. The fourth-order valence-corrected chi connectivity index (χ4v) is 2.18. The molecule has 0 unspecified atom stereocenters. The third kappa shape index (κ3) is 2.07. The van der Waals surface area contributed by atoms with Crippen LogP contribution in [-0.4, -0.2) is 7.11 Å². The number of ether oxygens (including phenoxy) is 1. The lowest BCUT2D eigenvalue weighted by molar-refractivity contribution is 0.412. The highest BCUT2D eigenvalue weighted by molar-refractivity contribution is 7.17. The molecule has 2 aromatic rings. The smallest absolute Gasteiger partial charge is 0.122 e. The van der Waals surface area contributed by atoms with Crippen molar-refractivity contribution in [3.8, 4) is 5.75 Å². The number of benzene rings is 1. The van der Waals surface area contributed by atoms with E-state index in [2.05, 4.69) is 30.5 Å². The minimum absolute atomic E-state index is 0.973. The van der Waals surface area contributed by atoms with Crippen molar-refractivity contribution < 1.29 is 4.74 Å². The van der Waals surface area contributed by atoms with Gasteiger partial charge in [-0.05, 0) is 41.5 Å². The summed E-state index contributed by atoms with van der Waals surface area (Å²) in [5, 5.41) is 3.37. The monoisotopic (exact) mass is 208 g/mol. The van der Waals surface area contributed by atoms with Crippen LogP contribution in [0.3, 0.4) is 0 Å². The number of hydrogen-bond donors (Lipinski definition) is 0. The van der Waals surface area contributed by atoms with Crippen LogP contribution in [0.5, 0.6) is 5.75 Å². The zero-order valence-corrected chi connectivity index (χ0v) is 9.94. The lowest BCUT2D eigenvalue weighted by Gasteiger charge is -2.03. The highest BCUT2D eigenvalue weighted by Gasteiger charge is 2.01. The summed E-state index contributed by atoms with van der Waals surface area (Å²) in [6.07, 6.45) is 0. The van der Waals surface area contributed by atoms with Crippen LogP contribution in [0.2, 0.25) is 0 Å².